The van der Waals surface area contributed by atoms with Gasteiger partial charge in [0, 0.05) is 45.3 Å². The second kappa shape index (κ2) is 27.0. The molecular weight excluding hydrogens is 1370 g/mol. The van der Waals surface area contributed by atoms with E-state index in [1.165, 1.54) is 0 Å². The molecule has 0 saturated heterocycles. The van der Waals surface area contributed by atoms with Crippen LogP contribution in [-0.4, -0.2) is 0 Å². The van der Waals surface area contributed by atoms with Gasteiger partial charge in [0.15, 0.2) is 46.5 Å². The number of nitrogens with zero attached hydrogens (tertiary/aromatic N) is 2. The van der Waals surface area contributed by atoms with Crippen LogP contribution in [0.5, 0.6) is 0 Å². The fraction of sp³-hybridized carbons (Fsp3) is 0.0208. The Morgan fingerprint density at radius 3 is 0.731 bits per heavy atom. The lowest BCUT2D eigenvalue weighted by atomic mass is 9.67. The topological polar surface area (TPSA) is 6.48 Å². The van der Waals surface area contributed by atoms with Crippen molar-refractivity contribution in [3.05, 3.63) is 442 Å². The summed E-state index contributed by atoms with van der Waals surface area (Å²) in [6, 6.07) is 97.5. The molecule has 0 amide bonds. The van der Waals surface area contributed by atoms with Crippen LogP contribution in [0.15, 0.2) is 329 Å². The Balaban J connectivity index is 0.745. The molecule has 108 heavy (non-hydrogen) atoms. The van der Waals surface area contributed by atoms with Crippen LogP contribution >= 0.6 is 0 Å². The summed E-state index contributed by atoms with van der Waals surface area (Å²) in [5.41, 5.74) is 10.3. The summed E-state index contributed by atoms with van der Waals surface area (Å²) < 4.78 is 162. The van der Waals surface area contributed by atoms with Crippen LogP contribution in [0.25, 0.3) is 78.9 Å². The highest BCUT2D eigenvalue weighted by atomic mass is 19.2. The fourth-order valence-electron chi connectivity index (χ4n) is 16.1. The van der Waals surface area contributed by atoms with Crippen molar-refractivity contribution in [2.75, 3.05) is 9.80 Å². The van der Waals surface area contributed by atoms with Crippen molar-refractivity contribution in [3.8, 4) is 66.8 Å². The molecule has 2 nitrogen and oxygen atoms in total. The summed E-state index contributed by atoms with van der Waals surface area (Å²) in [6.07, 6.45) is 3.19. The summed E-state index contributed by atoms with van der Waals surface area (Å²) in [5, 5.41) is 0. The van der Waals surface area contributed by atoms with E-state index < -0.39 is 80.1 Å². The number of fused-ring (bicyclic) bond motifs is 6. The van der Waals surface area contributed by atoms with Gasteiger partial charge in [0.2, 0.25) is 11.6 Å². The van der Waals surface area contributed by atoms with E-state index in [1.807, 2.05) is 216 Å². The highest BCUT2D eigenvalue weighted by Crippen LogP contribution is 2.61. The van der Waals surface area contributed by atoms with Gasteiger partial charge in [-0.3, -0.25) is 0 Å². The van der Waals surface area contributed by atoms with Crippen LogP contribution in [-0.2, 0) is 10.8 Å². The van der Waals surface area contributed by atoms with Gasteiger partial charge in [0.1, 0.15) is 0 Å². The zero-order chi connectivity index (χ0) is 74.3. The van der Waals surface area contributed by atoms with Crippen LogP contribution in [0.3, 0.4) is 0 Å². The van der Waals surface area contributed by atoms with E-state index in [0.717, 1.165) is 44.5 Å². The third-order valence-electron chi connectivity index (χ3n) is 21.2. The van der Waals surface area contributed by atoms with Gasteiger partial charge >= 0.3 is 0 Å². The SMILES string of the molecule is C=Cc1ccc(C2(c3c(F)c(F)c(F)c(F)c3F)c3ccccc3-c3ccc(N(c4ccc(-c5ccccc5)cc4)c4ccc(-c5ccc(-c6ccc(N(c7ccc(-c8ccccc8)cc7)c7ccc8c(c7)C(c7ccc(C=C)cc7)(c7c(F)c(F)c(F)c(F)c7F)c7ccccc7-8)cc6)cc5)cc4)cc32)cc1. The van der Waals surface area contributed by atoms with Crippen LogP contribution in [0, 0.1) is 58.2 Å². The number of hydrogen-bond donors (Lipinski definition) is 0. The van der Waals surface area contributed by atoms with E-state index in [4.69, 9.17) is 0 Å². The van der Waals surface area contributed by atoms with Crippen molar-refractivity contribution in [2.24, 2.45) is 0 Å². The Labute approximate surface area is 616 Å². The average molecular weight is 1430 g/mol. The average Bonchev–Trinajstić information content (AvgIpc) is 1.51. The van der Waals surface area contributed by atoms with Gasteiger partial charge in [-0.05, 0) is 184 Å². The highest BCUT2D eigenvalue weighted by molar-refractivity contribution is 5.93. The Hall–Kier alpha value is -13.3. The normalized spacial score (nSPS) is 14.5. The van der Waals surface area contributed by atoms with E-state index in [1.54, 1.807) is 121 Å². The van der Waals surface area contributed by atoms with Crippen molar-refractivity contribution >= 4 is 46.3 Å². The molecule has 2 unspecified atom stereocenters. The maximum atomic E-state index is 17.0. The monoisotopic (exact) mass is 1430 g/mol. The lowest BCUT2D eigenvalue weighted by Gasteiger charge is -2.35. The third kappa shape index (κ3) is 10.8. The van der Waals surface area contributed by atoms with Crippen molar-refractivity contribution in [3.63, 3.8) is 0 Å². The van der Waals surface area contributed by atoms with Gasteiger partial charge in [-0.15, -0.1) is 0 Å². The molecule has 0 aromatic heterocycles. The number of benzene rings is 15. The van der Waals surface area contributed by atoms with E-state index in [0.29, 0.717) is 89.8 Å². The number of halogens is 10. The molecule has 2 aliphatic carbocycles. The van der Waals surface area contributed by atoms with Crippen molar-refractivity contribution in [1.82, 2.24) is 0 Å². The molecule has 0 bridgehead atoms. The Morgan fingerprint density at radius 2 is 0.444 bits per heavy atom. The van der Waals surface area contributed by atoms with Gasteiger partial charge in [0.05, 0.1) is 10.8 Å². The second-order valence-corrected chi connectivity index (χ2v) is 26.8. The van der Waals surface area contributed by atoms with Crippen molar-refractivity contribution in [1.29, 1.82) is 0 Å². The lowest BCUT2D eigenvalue weighted by molar-refractivity contribution is 0.363. The molecule has 522 valence electrons. The van der Waals surface area contributed by atoms with E-state index in [9.17, 15) is 0 Å². The number of hydrogen-bond acceptors (Lipinski definition) is 2. The molecule has 2 aliphatic rings. The van der Waals surface area contributed by atoms with Crippen LogP contribution in [0.1, 0.15) is 55.6 Å². The lowest BCUT2D eigenvalue weighted by Crippen LogP contribution is -2.33. The minimum absolute atomic E-state index is 0.263. The molecular formula is C96H58F10N2. The molecule has 2 atom stereocenters. The molecule has 0 heterocycles. The van der Waals surface area contributed by atoms with Gasteiger partial charge in [-0.2, -0.15) is 0 Å². The molecule has 0 fully saturated rings. The molecule has 0 N–H and O–H groups in total. The smallest absolute Gasteiger partial charge is 0.200 e. The molecule has 15 aromatic carbocycles. The second-order valence-electron chi connectivity index (χ2n) is 26.8. The molecule has 0 radical (unpaired) electrons. The van der Waals surface area contributed by atoms with E-state index in [-0.39, 0.29) is 11.1 Å². The minimum Gasteiger partial charge on any atom is -0.310 e. The summed E-state index contributed by atoms with van der Waals surface area (Å²) in [5.74, 6) is -20.6. The van der Waals surface area contributed by atoms with Crippen molar-refractivity contribution < 1.29 is 43.9 Å². The summed E-state index contributed by atoms with van der Waals surface area (Å²) in [6.45, 7) is 7.76. The first kappa shape index (κ1) is 67.8. The zero-order valence-corrected chi connectivity index (χ0v) is 57.3. The Kier molecular flexibility index (Phi) is 16.9. The highest BCUT2D eigenvalue weighted by Gasteiger charge is 2.53. The maximum absolute atomic E-state index is 17.0. The predicted octanol–water partition coefficient (Wildman–Crippen LogP) is 26.7. The summed E-state index contributed by atoms with van der Waals surface area (Å²) in [7, 11) is 0. The van der Waals surface area contributed by atoms with E-state index in [2.05, 4.69) is 13.2 Å². The van der Waals surface area contributed by atoms with Gasteiger partial charge < -0.3 is 9.80 Å². The maximum Gasteiger partial charge on any atom is 0.200 e. The van der Waals surface area contributed by atoms with Crippen LogP contribution < -0.4 is 9.80 Å². The van der Waals surface area contributed by atoms with Crippen molar-refractivity contribution in [2.45, 2.75) is 10.8 Å². The minimum atomic E-state index is -2.26. The summed E-state index contributed by atoms with van der Waals surface area (Å²) in [4.78, 5) is 3.97. The Morgan fingerprint density at radius 1 is 0.213 bits per heavy atom. The molecule has 0 aliphatic heterocycles. The van der Waals surface area contributed by atoms with Gasteiger partial charge in [-0.1, -0.05) is 268 Å². The first-order valence-corrected chi connectivity index (χ1v) is 34.8. The van der Waals surface area contributed by atoms with Crippen LogP contribution in [0.2, 0.25) is 0 Å². The fourth-order valence-corrected chi connectivity index (χ4v) is 16.1. The number of anilines is 6. The molecule has 0 spiro atoms. The first-order chi connectivity index (χ1) is 52.6. The summed E-state index contributed by atoms with van der Waals surface area (Å²) >= 11 is 0. The quantitative estimate of drug-likeness (QED) is 0.0540. The number of rotatable bonds is 16. The van der Waals surface area contributed by atoms with Gasteiger partial charge in [-0.25, -0.2) is 43.9 Å². The zero-order valence-electron chi connectivity index (χ0n) is 57.3. The van der Waals surface area contributed by atoms with Crippen LogP contribution in [0.4, 0.5) is 78.0 Å². The van der Waals surface area contributed by atoms with E-state index >= 15 is 43.9 Å². The largest absolute Gasteiger partial charge is 0.310 e. The molecule has 12 heteroatoms. The molecule has 0 saturated carbocycles. The van der Waals surface area contributed by atoms with Gasteiger partial charge in [0.25, 0.3) is 0 Å². The third-order valence-corrected chi connectivity index (χ3v) is 21.2. The molecule has 15 aromatic rings. The standard InChI is InChI=1S/C96H58F10N2/c1-3-57-23-39-67(40-24-57)95(83-85(97)89(101)93(105)90(102)86(83)98)79-21-13-11-19-75(79)77-53-51-73(55-81(77)95)107(69-43-31-63(32-44-69)59-15-7-5-8-16-59)71-47-35-65(36-48-71)61-27-29-62(30-28-61)66-37-49-72(50-38-66)108(70-45-33-64(34-46-70)60-17-9-6-10-18-60)74-52-54-78-76-20-12-14-22-80(76)96(82(78)56-74,68-41-25-58(4-2)26-42-68)84-87(99)91(103)94(106)92(104)88(84)100/h3-56H,1-2H2. The molecule has 17 rings (SSSR count). The Bertz CT molecular complexity index is 5620. The first-order valence-electron chi connectivity index (χ1n) is 34.8. The predicted molar refractivity (Wildman–Crippen MR) is 412 cm³/mol.